The normalized spacial score (nSPS) is 25.4. The highest BCUT2D eigenvalue weighted by atomic mass is 31.2. The molecule has 0 aromatic heterocycles. The molecule has 0 spiro atoms. The summed E-state index contributed by atoms with van der Waals surface area (Å²) in [7, 11) is -1.05. The van der Waals surface area contributed by atoms with Crippen LogP contribution in [0, 0.1) is 5.92 Å². The molecule has 1 heterocycles. The molecule has 1 N–H and O–H groups in total. The van der Waals surface area contributed by atoms with Crippen LogP contribution in [-0.4, -0.2) is 11.9 Å². The van der Waals surface area contributed by atoms with E-state index < -0.39 is 7.41 Å². The first-order valence-electron chi connectivity index (χ1n) is 8.18. The van der Waals surface area contributed by atoms with Gasteiger partial charge in [-0.25, -0.2) is 0 Å². The molecule has 0 radical (unpaired) electrons. The minimum atomic E-state index is -1.05. The molecule has 1 aliphatic rings. The molecule has 2 rings (SSSR count). The Balaban J connectivity index is 1.93. The summed E-state index contributed by atoms with van der Waals surface area (Å²) >= 11 is 0. The van der Waals surface area contributed by atoms with Gasteiger partial charge in [0.05, 0.1) is 6.66 Å². The van der Waals surface area contributed by atoms with E-state index in [0.29, 0.717) is 5.28 Å². The first-order valence-corrected chi connectivity index (χ1v) is 10.4. The average molecular weight is 292 g/mol. The molecule has 1 aromatic rings. The highest BCUT2D eigenvalue weighted by molar-refractivity contribution is 7.88. The van der Waals surface area contributed by atoms with Gasteiger partial charge in [0.1, 0.15) is 12.7 Å². The lowest BCUT2D eigenvalue weighted by atomic mass is 9.93. The summed E-state index contributed by atoms with van der Waals surface area (Å²) in [5.41, 5.74) is 1.51. The van der Waals surface area contributed by atoms with Gasteiger partial charge in [-0.2, -0.15) is 0 Å². The zero-order valence-electron chi connectivity index (χ0n) is 13.9. The van der Waals surface area contributed by atoms with Crippen molar-refractivity contribution in [3.05, 3.63) is 29.8 Å². The van der Waals surface area contributed by atoms with Gasteiger partial charge in [-0.15, -0.1) is 5.09 Å². The predicted octanol–water partition coefficient (Wildman–Crippen LogP) is 4.97. The number of benzene rings is 1. The van der Waals surface area contributed by atoms with Crippen molar-refractivity contribution in [2.75, 3.05) is 6.66 Å². The van der Waals surface area contributed by atoms with E-state index in [1.165, 1.54) is 43.0 Å². The van der Waals surface area contributed by atoms with Crippen LogP contribution in [0.3, 0.4) is 0 Å². The molecule has 2 heteroatoms. The second kappa shape index (κ2) is 6.16. The fourth-order valence-electron chi connectivity index (χ4n) is 3.20. The van der Waals surface area contributed by atoms with E-state index in [0.717, 1.165) is 5.92 Å². The van der Waals surface area contributed by atoms with E-state index in [-0.39, 0.29) is 0 Å². The predicted molar refractivity (Wildman–Crippen MR) is 93.1 cm³/mol. The van der Waals surface area contributed by atoms with Crippen molar-refractivity contribution in [3.63, 3.8) is 0 Å². The van der Waals surface area contributed by atoms with Gasteiger partial charge in [0.25, 0.3) is 0 Å². The second-order valence-electron chi connectivity index (χ2n) is 6.95. The Kier molecular flexibility index (Phi) is 4.92. The maximum absolute atomic E-state index is 3.71. The lowest BCUT2D eigenvalue weighted by Gasteiger charge is -2.13. The molecule has 0 amide bonds. The van der Waals surface area contributed by atoms with Crippen LogP contribution in [-0.2, 0) is 6.42 Å². The first kappa shape index (κ1) is 16.0. The molecular formula is C18H31NP+. The fourth-order valence-corrected chi connectivity index (χ4v) is 6.22. The standard InChI is InChI=1S/C18H31NP/c1-6-8-15(7-2)9-10-16-11-13-17(14-12-16)20(5)18(3,4)19-20/h11-15,19H,6-10H2,1-5H3/q+1. The van der Waals surface area contributed by atoms with Gasteiger partial charge in [0.2, 0.25) is 0 Å². The van der Waals surface area contributed by atoms with E-state index in [4.69, 9.17) is 0 Å². The summed E-state index contributed by atoms with van der Waals surface area (Å²) in [4.78, 5) is 0. The molecule has 0 saturated carbocycles. The molecule has 1 fully saturated rings. The molecule has 20 heavy (non-hydrogen) atoms. The van der Waals surface area contributed by atoms with Gasteiger partial charge in [0.15, 0.2) is 5.28 Å². The van der Waals surface area contributed by atoms with E-state index in [1.54, 1.807) is 0 Å². The van der Waals surface area contributed by atoms with E-state index in [1.807, 2.05) is 0 Å². The highest BCUT2D eigenvalue weighted by Crippen LogP contribution is 2.75. The van der Waals surface area contributed by atoms with Crippen LogP contribution in [0.15, 0.2) is 24.3 Å². The third-order valence-electron chi connectivity index (χ3n) is 5.13. The van der Waals surface area contributed by atoms with Crippen LogP contribution in [0.1, 0.15) is 58.9 Å². The summed E-state index contributed by atoms with van der Waals surface area (Å²) in [5.74, 6) is 0.911. The quantitative estimate of drug-likeness (QED) is 0.556. The molecule has 112 valence electrons. The maximum Gasteiger partial charge on any atom is 0.174 e. The van der Waals surface area contributed by atoms with E-state index in [2.05, 4.69) is 63.7 Å². The largest absolute Gasteiger partial charge is 0.174 e. The lowest BCUT2D eigenvalue weighted by Crippen LogP contribution is -2.07. The third kappa shape index (κ3) is 3.26. The SMILES string of the molecule is CCCC(CC)CCc1ccc([P+]2(C)NC2(C)C)cc1. The fraction of sp³-hybridized carbons (Fsp3) is 0.667. The Morgan fingerprint density at radius 3 is 2.15 bits per heavy atom. The Morgan fingerprint density at radius 1 is 1.10 bits per heavy atom. The maximum atomic E-state index is 3.71. The highest BCUT2D eigenvalue weighted by Gasteiger charge is 2.68. The zero-order valence-corrected chi connectivity index (χ0v) is 14.8. The Hall–Kier alpha value is -0.390. The first-order chi connectivity index (χ1) is 9.43. The van der Waals surface area contributed by atoms with E-state index in [9.17, 15) is 0 Å². The van der Waals surface area contributed by atoms with Gasteiger partial charge < -0.3 is 0 Å². The molecule has 0 bridgehead atoms. The minimum absolute atomic E-state index is 0.350. The van der Waals surface area contributed by atoms with Crippen LogP contribution >= 0.6 is 7.41 Å². The van der Waals surface area contributed by atoms with Crippen molar-refractivity contribution in [1.82, 2.24) is 5.09 Å². The van der Waals surface area contributed by atoms with Crippen molar-refractivity contribution in [3.8, 4) is 0 Å². The Morgan fingerprint density at radius 2 is 1.70 bits per heavy atom. The topological polar surface area (TPSA) is 21.9 Å². The zero-order chi connectivity index (χ0) is 14.8. The van der Waals surface area contributed by atoms with Gasteiger partial charge >= 0.3 is 0 Å². The van der Waals surface area contributed by atoms with E-state index >= 15 is 0 Å². The van der Waals surface area contributed by atoms with Crippen LogP contribution < -0.4 is 10.4 Å². The van der Waals surface area contributed by atoms with Gasteiger partial charge in [-0.05, 0) is 50.3 Å². The van der Waals surface area contributed by atoms with Crippen LogP contribution in [0.2, 0.25) is 0 Å². The van der Waals surface area contributed by atoms with Gasteiger partial charge in [-0.1, -0.05) is 45.2 Å². The van der Waals surface area contributed by atoms with Crippen molar-refractivity contribution in [2.45, 2.75) is 65.1 Å². The van der Waals surface area contributed by atoms with Crippen LogP contribution in [0.4, 0.5) is 0 Å². The number of nitrogens with one attached hydrogen (secondary N) is 1. The summed E-state index contributed by atoms with van der Waals surface area (Å²) in [5, 5.41) is 5.59. The Bertz CT molecular complexity index is 437. The smallest absolute Gasteiger partial charge is 0.143 e. The molecular weight excluding hydrogens is 261 g/mol. The number of aryl methyl sites for hydroxylation is 1. The molecule has 0 aliphatic carbocycles. The summed E-state index contributed by atoms with van der Waals surface area (Å²) < 4.78 is 0. The average Bonchev–Trinajstić information content (AvgIpc) is 2.95. The number of hydrogen-bond donors (Lipinski definition) is 1. The number of hydrogen-bond acceptors (Lipinski definition) is 1. The van der Waals surface area contributed by atoms with Crippen LogP contribution in [0.5, 0.6) is 0 Å². The molecule has 1 nitrogen and oxygen atoms in total. The molecule has 1 saturated heterocycles. The molecule has 2 unspecified atom stereocenters. The van der Waals surface area contributed by atoms with Crippen molar-refractivity contribution >= 4 is 12.7 Å². The lowest BCUT2D eigenvalue weighted by molar-refractivity contribution is 0.432. The molecule has 1 aromatic carbocycles. The molecule has 1 aliphatic heterocycles. The third-order valence-corrected chi connectivity index (χ3v) is 9.59. The Labute approximate surface area is 125 Å². The van der Waals surface area contributed by atoms with Gasteiger partial charge in [0, 0.05) is 0 Å². The monoisotopic (exact) mass is 292 g/mol. The second-order valence-corrected chi connectivity index (χ2v) is 10.8. The van der Waals surface area contributed by atoms with Gasteiger partial charge in [-0.3, -0.25) is 0 Å². The van der Waals surface area contributed by atoms with Crippen molar-refractivity contribution < 1.29 is 0 Å². The van der Waals surface area contributed by atoms with Crippen molar-refractivity contribution in [2.24, 2.45) is 5.92 Å². The number of rotatable bonds is 7. The van der Waals surface area contributed by atoms with Crippen molar-refractivity contribution in [1.29, 1.82) is 0 Å². The minimum Gasteiger partial charge on any atom is -0.143 e. The summed E-state index contributed by atoms with van der Waals surface area (Å²) in [6, 6.07) is 9.45. The van der Waals surface area contributed by atoms with Crippen LogP contribution in [0.25, 0.3) is 0 Å². The molecule has 2 atom stereocenters. The summed E-state index contributed by atoms with van der Waals surface area (Å²) in [6.45, 7) is 11.7. The summed E-state index contributed by atoms with van der Waals surface area (Å²) in [6.07, 6.45) is 6.62.